The molecule has 1 heterocycles. The normalized spacial score (nSPS) is 34.2. The lowest BCUT2D eigenvalue weighted by Gasteiger charge is -2.13. The van der Waals surface area contributed by atoms with Crippen molar-refractivity contribution in [3.8, 4) is 0 Å². The highest BCUT2D eigenvalue weighted by Gasteiger charge is 2.47. The van der Waals surface area contributed by atoms with Crippen molar-refractivity contribution in [3.05, 3.63) is 24.4 Å². The number of fused-ring (bicyclic) bond motifs is 1. The molecule has 0 aromatic heterocycles. The molecule has 0 radical (unpaired) electrons. The van der Waals surface area contributed by atoms with Crippen molar-refractivity contribution in [1.82, 2.24) is 10.6 Å². The Morgan fingerprint density at radius 2 is 2.36 bits per heavy atom. The highest BCUT2D eigenvalue weighted by Crippen LogP contribution is 2.40. The summed E-state index contributed by atoms with van der Waals surface area (Å²) in [5, 5.41) is 6.08. The molecule has 3 heteroatoms. The first-order chi connectivity index (χ1) is 6.70. The second-order valence-corrected chi connectivity index (χ2v) is 4.07. The summed E-state index contributed by atoms with van der Waals surface area (Å²) >= 11 is 0. The monoisotopic (exact) mass is 192 g/mol. The Kier molecular flexibility index (Phi) is 2.42. The third-order valence-corrected chi connectivity index (χ3v) is 2.84. The number of allylic oxidation sites excluding steroid dienone is 2. The van der Waals surface area contributed by atoms with Crippen LogP contribution in [-0.4, -0.2) is 18.0 Å². The molecule has 14 heavy (non-hydrogen) atoms. The summed E-state index contributed by atoms with van der Waals surface area (Å²) in [6, 6.07) is 0.612. The predicted octanol–water partition coefficient (Wildman–Crippen LogP) is 0.943. The molecule has 1 aliphatic heterocycles. The third kappa shape index (κ3) is 1.87. The maximum atomic E-state index is 11.6. The van der Waals surface area contributed by atoms with Crippen LogP contribution in [0.25, 0.3) is 0 Å². The van der Waals surface area contributed by atoms with Crippen molar-refractivity contribution in [3.63, 3.8) is 0 Å². The van der Waals surface area contributed by atoms with Gasteiger partial charge >= 0.3 is 0 Å². The molecular formula is C11H16N2O. The Morgan fingerprint density at radius 3 is 2.93 bits per heavy atom. The van der Waals surface area contributed by atoms with Crippen LogP contribution in [-0.2, 0) is 4.79 Å². The molecule has 0 spiro atoms. The van der Waals surface area contributed by atoms with Crippen LogP contribution in [0, 0.1) is 5.92 Å². The highest BCUT2D eigenvalue weighted by atomic mass is 16.2. The molecule has 1 saturated carbocycles. The number of hydrogen-bond acceptors (Lipinski definition) is 2. The number of carbonyl (C=O) groups excluding carboxylic acids is 1. The zero-order valence-electron chi connectivity index (χ0n) is 8.42. The standard InChI is InChI=1S/C11H16N2O/c1-3-4-7(2)12-11(14)10-6-8-5-9(8)13-10/h3-4,8-10,13H,2,5-6H2,1H3,(H,12,14). The zero-order chi connectivity index (χ0) is 10.1. The van der Waals surface area contributed by atoms with E-state index in [1.54, 1.807) is 6.08 Å². The first-order valence-corrected chi connectivity index (χ1v) is 5.09. The number of nitrogens with one attached hydrogen (secondary N) is 2. The van der Waals surface area contributed by atoms with E-state index in [9.17, 15) is 4.79 Å². The minimum atomic E-state index is 0.000700. The van der Waals surface area contributed by atoms with Crippen molar-refractivity contribution in [1.29, 1.82) is 0 Å². The second-order valence-electron chi connectivity index (χ2n) is 4.07. The predicted molar refractivity (Wildman–Crippen MR) is 55.5 cm³/mol. The molecule has 2 fully saturated rings. The summed E-state index contributed by atoms with van der Waals surface area (Å²) in [5.41, 5.74) is 0.667. The van der Waals surface area contributed by atoms with Crippen LogP contribution in [0.4, 0.5) is 0 Å². The van der Waals surface area contributed by atoms with Gasteiger partial charge in [-0.25, -0.2) is 0 Å². The van der Waals surface area contributed by atoms with Gasteiger partial charge in [0.1, 0.15) is 0 Å². The van der Waals surface area contributed by atoms with Crippen molar-refractivity contribution >= 4 is 5.91 Å². The van der Waals surface area contributed by atoms with Crippen LogP contribution in [0.1, 0.15) is 19.8 Å². The fourth-order valence-corrected chi connectivity index (χ4v) is 2.01. The van der Waals surface area contributed by atoms with E-state index in [2.05, 4.69) is 17.2 Å². The summed E-state index contributed by atoms with van der Waals surface area (Å²) in [6.45, 7) is 5.64. The Bertz CT molecular complexity index is 286. The van der Waals surface area contributed by atoms with Gasteiger partial charge in [-0.3, -0.25) is 4.79 Å². The van der Waals surface area contributed by atoms with E-state index in [4.69, 9.17) is 0 Å². The summed E-state index contributed by atoms with van der Waals surface area (Å²) in [6.07, 6.45) is 5.90. The van der Waals surface area contributed by atoms with E-state index in [0.717, 1.165) is 12.3 Å². The van der Waals surface area contributed by atoms with E-state index in [1.807, 2.05) is 13.0 Å². The molecule has 0 aromatic carbocycles. The average molecular weight is 192 g/mol. The van der Waals surface area contributed by atoms with Crippen molar-refractivity contribution in [2.45, 2.75) is 31.8 Å². The molecule has 0 aromatic rings. The summed E-state index contributed by atoms with van der Waals surface area (Å²) in [7, 11) is 0. The van der Waals surface area contributed by atoms with Gasteiger partial charge in [0.05, 0.1) is 6.04 Å². The molecule has 76 valence electrons. The van der Waals surface area contributed by atoms with Crippen LogP contribution in [0.15, 0.2) is 24.4 Å². The van der Waals surface area contributed by atoms with Gasteiger partial charge in [-0.1, -0.05) is 12.7 Å². The number of hydrogen-bond donors (Lipinski definition) is 2. The lowest BCUT2D eigenvalue weighted by molar-refractivity contribution is -0.122. The van der Waals surface area contributed by atoms with Crippen LogP contribution >= 0.6 is 0 Å². The van der Waals surface area contributed by atoms with Crippen LogP contribution in [0.3, 0.4) is 0 Å². The molecule has 3 atom stereocenters. The molecule has 2 N–H and O–H groups in total. The van der Waals surface area contributed by atoms with Gasteiger partial charge in [0.2, 0.25) is 5.91 Å². The average Bonchev–Trinajstić information content (AvgIpc) is 2.74. The first kappa shape index (κ1) is 9.46. The molecular weight excluding hydrogens is 176 g/mol. The Labute approximate surface area is 84.3 Å². The minimum absolute atomic E-state index is 0.000700. The van der Waals surface area contributed by atoms with E-state index >= 15 is 0 Å². The molecule has 2 rings (SSSR count). The third-order valence-electron chi connectivity index (χ3n) is 2.84. The minimum Gasteiger partial charge on any atom is -0.325 e. The van der Waals surface area contributed by atoms with E-state index in [0.29, 0.717) is 11.7 Å². The lowest BCUT2D eigenvalue weighted by Crippen LogP contribution is -2.41. The van der Waals surface area contributed by atoms with E-state index < -0.39 is 0 Å². The van der Waals surface area contributed by atoms with Crippen LogP contribution < -0.4 is 10.6 Å². The highest BCUT2D eigenvalue weighted by molar-refractivity contribution is 5.84. The van der Waals surface area contributed by atoms with Gasteiger partial charge in [-0.05, 0) is 31.8 Å². The van der Waals surface area contributed by atoms with Crippen LogP contribution in [0.5, 0.6) is 0 Å². The van der Waals surface area contributed by atoms with Gasteiger partial charge in [0.25, 0.3) is 0 Å². The van der Waals surface area contributed by atoms with Crippen molar-refractivity contribution in [2.75, 3.05) is 0 Å². The molecule has 1 saturated heterocycles. The van der Waals surface area contributed by atoms with Gasteiger partial charge in [-0.15, -0.1) is 0 Å². The molecule has 0 bridgehead atoms. The Balaban J connectivity index is 1.81. The quantitative estimate of drug-likeness (QED) is 0.653. The maximum absolute atomic E-state index is 11.6. The second kappa shape index (κ2) is 3.58. The largest absolute Gasteiger partial charge is 0.325 e. The molecule has 2 aliphatic rings. The fourth-order valence-electron chi connectivity index (χ4n) is 2.01. The van der Waals surface area contributed by atoms with Crippen molar-refractivity contribution < 1.29 is 4.79 Å². The summed E-state index contributed by atoms with van der Waals surface area (Å²) in [5.74, 6) is 0.807. The molecule has 1 aliphatic carbocycles. The zero-order valence-corrected chi connectivity index (χ0v) is 8.42. The van der Waals surface area contributed by atoms with Crippen LogP contribution in [0.2, 0.25) is 0 Å². The number of carbonyl (C=O) groups is 1. The summed E-state index contributed by atoms with van der Waals surface area (Å²) < 4.78 is 0. The SMILES string of the molecule is C=C(C=CC)NC(=O)C1CC2CC2N1. The molecule has 1 amide bonds. The molecule has 3 nitrogen and oxygen atoms in total. The lowest BCUT2D eigenvalue weighted by atomic mass is 10.1. The maximum Gasteiger partial charge on any atom is 0.241 e. The van der Waals surface area contributed by atoms with Gasteiger partial charge in [-0.2, -0.15) is 0 Å². The van der Waals surface area contributed by atoms with E-state index in [1.165, 1.54) is 6.42 Å². The topological polar surface area (TPSA) is 41.1 Å². The number of amides is 1. The first-order valence-electron chi connectivity index (χ1n) is 5.09. The fraction of sp³-hybridized carbons (Fsp3) is 0.545. The van der Waals surface area contributed by atoms with Gasteiger partial charge in [0.15, 0.2) is 0 Å². The van der Waals surface area contributed by atoms with Gasteiger partial charge < -0.3 is 10.6 Å². The number of rotatable bonds is 3. The smallest absolute Gasteiger partial charge is 0.241 e. The van der Waals surface area contributed by atoms with Gasteiger partial charge in [0, 0.05) is 11.7 Å². The Hall–Kier alpha value is -1.09. The van der Waals surface area contributed by atoms with Crippen molar-refractivity contribution in [2.24, 2.45) is 5.92 Å². The molecule has 3 unspecified atom stereocenters. The summed E-state index contributed by atoms with van der Waals surface area (Å²) in [4.78, 5) is 11.6. The van der Waals surface area contributed by atoms with E-state index in [-0.39, 0.29) is 11.9 Å². The Morgan fingerprint density at radius 1 is 1.57 bits per heavy atom. The number of piperidine rings is 1.